The van der Waals surface area contributed by atoms with Gasteiger partial charge >= 0.3 is 0 Å². The highest BCUT2D eigenvalue weighted by Crippen LogP contribution is 2.06. The Morgan fingerprint density at radius 1 is 0.917 bits per heavy atom. The monoisotopic (exact) mass is 214 g/mol. The predicted octanol–water partition coefficient (Wildman–Crippen LogP) is 0.551. The molecular weight excluding hydrogens is 200 g/mol. The van der Waals surface area contributed by atoms with Crippen LogP contribution in [0, 0.1) is 0 Å². The molecule has 0 bridgehead atoms. The molecule has 0 atom stereocenters. The van der Waals surface area contributed by atoms with Crippen LogP contribution in [-0.2, 0) is 17.7 Å². The lowest BCUT2D eigenvalue weighted by molar-refractivity contribution is 0.581. The average molecular weight is 214 g/mol. The van der Waals surface area contributed by atoms with Crippen LogP contribution in [0.4, 0.5) is 0 Å². The lowest BCUT2D eigenvalue weighted by Gasteiger charge is -2.01. The molecule has 0 aliphatic carbocycles. The fraction of sp³-hybridized carbons (Fsp3) is 1.00. The molecule has 0 saturated carbocycles. The molecule has 0 heterocycles. The van der Waals surface area contributed by atoms with Gasteiger partial charge in [0.1, 0.15) is 0 Å². The summed E-state index contributed by atoms with van der Waals surface area (Å²) in [6, 6.07) is 0. The maximum atomic E-state index is 11.1. The van der Waals surface area contributed by atoms with Crippen LogP contribution in [0.3, 0.4) is 0 Å². The van der Waals surface area contributed by atoms with Crippen LogP contribution in [0.15, 0.2) is 0 Å². The highest BCUT2D eigenvalue weighted by Gasteiger charge is 2.26. The van der Waals surface area contributed by atoms with Crippen LogP contribution >= 0.6 is 0 Å². The van der Waals surface area contributed by atoms with Crippen molar-refractivity contribution < 1.29 is 16.8 Å². The zero-order valence-electron chi connectivity index (χ0n) is 7.28. The first-order valence-electron chi connectivity index (χ1n) is 3.82. The first-order chi connectivity index (χ1) is 5.37. The number of rotatable bonds is 5. The van der Waals surface area contributed by atoms with Gasteiger partial charge in [-0.15, -0.1) is 0 Å². The molecule has 0 aromatic heterocycles. The third-order valence-corrected chi connectivity index (χ3v) is 7.29. The molecule has 4 nitrogen and oxygen atoms in total. The second-order valence-corrected chi connectivity index (χ2v) is 8.73. The van der Waals surface area contributed by atoms with Crippen LogP contribution in [0.5, 0.6) is 0 Å². The van der Waals surface area contributed by atoms with Crippen molar-refractivity contribution in [2.45, 2.75) is 26.7 Å². The van der Waals surface area contributed by atoms with Crippen LogP contribution < -0.4 is 0 Å². The third kappa shape index (κ3) is 2.75. The predicted molar refractivity (Wildman–Crippen MR) is 48.2 cm³/mol. The maximum Gasteiger partial charge on any atom is 0.253 e. The van der Waals surface area contributed by atoms with E-state index in [0.717, 1.165) is 0 Å². The molecule has 74 valence electrons. The highest BCUT2D eigenvalue weighted by molar-refractivity contribution is 8.67. The Hall–Kier alpha value is -0.100. The van der Waals surface area contributed by atoms with E-state index < -0.39 is 17.7 Å². The standard InChI is InChI=1S/C6H14O4S2/c1-3-5-6-12(9,10)11(7,8)4-2/h3-6H2,1-2H3. The van der Waals surface area contributed by atoms with Crippen LogP contribution in [0.2, 0.25) is 0 Å². The summed E-state index contributed by atoms with van der Waals surface area (Å²) in [5.41, 5.74) is 0. The largest absolute Gasteiger partial charge is 0.253 e. The minimum atomic E-state index is -3.90. The number of hydrogen-bond donors (Lipinski definition) is 0. The first-order valence-corrected chi connectivity index (χ1v) is 7.65. The summed E-state index contributed by atoms with van der Waals surface area (Å²) in [4.78, 5) is 0. The van der Waals surface area contributed by atoms with E-state index in [1.165, 1.54) is 6.92 Å². The Morgan fingerprint density at radius 2 is 1.42 bits per heavy atom. The lowest BCUT2D eigenvalue weighted by Crippen LogP contribution is -2.20. The van der Waals surface area contributed by atoms with Gasteiger partial charge in [0.05, 0.1) is 11.5 Å². The van der Waals surface area contributed by atoms with Crippen molar-refractivity contribution in [1.29, 1.82) is 0 Å². The quantitative estimate of drug-likeness (QED) is 0.627. The van der Waals surface area contributed by atoms with Gasteiger partial charge in [0, 0.05) is 0 Å². The van der Waals surface area contributed by atoms with Crippen molar-refractivity contribution in [1.82, 2.24) is 0 Å². The summed E-state index contributed by atoms with van der Waals surface area (Å²) in [5, 5.41) is 0. The van der Waals surface area contributed by atoms with E-state index >= 15 is 0 Å². The smallest absolute Gasteiger partial charge is 0.213 e. The highest BCUT2D eigenvalue weighted by atomic mass is 33.2. The molecule has 0 aromatic rings. The zero-order valence-corrected chi connectivity index (χ0v) is 8.91. The van der Waals surface area contributed by atoms with Gasteiger partial charge in [-0.05, 0) is 6.42 Å². The number of unbranched alkanes of at least 4 members (excludes halogenated alkanes) is 1. The van der Waals surface area contributed by atoms with Gasteiger partial charge < -0.3 is 0 Å². The van der Waals surface area contributed by atoms with E-state index in [-0.39, 0.29) is 11.5 Å². The molecule has 0 spiro atoms. The number of hydrogen-bond acceptors (Lipinski definition) is 4. The molecule has 0 amide bonds. The van der Waals surface area contributed by atoms with Gasteiger partial charge in [0.15, 0.2) is 0 Å². The van der Waals surface area contributed by atoms with Crippen molar-refractivity contribution in [3.8, 4) is 0 Å². The van der Waals surface area contributed by atoms with Crippen molar-refractivity contribution >= 4 is 17.7 Å². The van der Waals surface area contributed by atoms with Gasteiger partial charge in [-0.2, -0.15) is 0 Å². The van der Waals surface area contributed by atoms with Crippen molar-refractivity contribution in [3.63, 3.8) is 0 Å². The normalized spacial score (nSPS) is 13.2. The summed E-state index contributed by atoms with van der Waals surface area (Å²) in [7, 11) is -7.80. The molecule has 6 heteroatoms. The SMILES string of the molecule is CCCCS(=O)(=O)S(=O)(=O)CC. The minimum Gasteiger partial charge on any atom is -0.213 e. The average Bonchev–Trinajstić information content (AvgIpc) is 2.00. The van der Waals surface area contributed by atoms with E-state index in [1.807, 2.05) is 6.92 Å². The molecule has 0 aliphatic heterocycles. The topological polar surface area (TPSA) is 68.3 Å². The molecule has 0 rings (SSSR count). The van der Waals surface area contributed by atoms with Gasteiger partial charge in [-0.3, -0.25) is 0 Å². The van der Waals surface area contributed by atoms with Crippen molar-refractivity contribution in [3.05, 3.63) is 0 Å². The third-order valence-electron chi connectivity index (χ3n) is 1.49. The van der Waals surface area contributed by atoms with Crippen LogP contribution in [0.1, 0.15) is 26.7 Å². The Labute approximate surface area is 73.2 Å². The first kappa shape index (κ1) is 11.9. The molecule has 0 aromatic carbocycles. The fourth-order valence-corrected chi connectivity index (χ4v) is 4.08. The molecule has 0 fully saturated rings. The second kappa shape index (κ2) is 4.23. The van der Waals surface area contributed by atoms with E-state index in [1.54, 1.807) is 0 Å². The molecule has 0 aliphatic rings. The van der Waals surface area contributed by atoms with Crippen molar-refractivity contribution in [2.75, 3.05) is 11.5 Å². The van der Waals surface area contributed by atoms with Crippen LogP contribution in [-0.4, -0.2) is 28.3 Å². The molecule has 12 heavy (non-hydrogen) atoms. The Bertz CT molecular complexity index is 311. The van der Waals surface area contributed by atoms with E-state index in [4.69, 9.17) is 0 Å². The summed E-state index contributed by atoms with van der Waals surface area (Å²) < 4.78 is 44.0. The van der Waals surface area contributed by atoms with E-state index in [2.05, 4.69) is 0 Å². The van der Waals surface area contributed by atoms with Gasteiger partial charge in [0.2, 0.25) is 0 Å². The van der Waals surface area contributed by atoms with Gasteiger partial charge in [-0.1, -0.05) is 20.3 Å². The van der Waals surface area contributed by atoms with E-state index in [0.29, 0.717) is 12.8 Å². The Balaban J connectivity index is 4.65. The Morgan fingerprint density at radius 3 is 1.75 bits per heavy atom. The van der Waals surface area contributed by atoms with Gasteiger partial charge in [0.25, 0.3) is 17.7 Å². The molecule has 0 saturated heterocycles. The maximum absolute atomic E-state index is 11.1. The van der Waals surface area contributed by atoms with E-state index in [9.17, 15) is 16.8 Å². The molecular formula is C6H14O4S2. The minimum absolute atomic E-state index is 0.250. The summed E-state index contributed by atoms with van der Waals surface area (Å²) in [6.45, 7) is 3.15. The molecule has 0 unspecified atom stereocenters. The summed E-state index contributed by atoms with van der Waals surface area (Å²) >= 11 is 0. The van der Waals surface area contributed by atoms with Crippen molar-refractivity contribution in [2.24, 2.45) is 0 Å². The second-order valence-electron chi connectivity index (χ2n) is 2.46. The lowest BCUT2D eigenvalue weighted by atomic mass is 10.4. The molecule has 0 radical (unpaired) electrons. The van der Waals surface area contributed by atoms with Gasteiger partial charge in [-0.25, -0.2) is 16.8 Å². The fourth-order valence-electron chi connectivity index (χ4n) is 0.628. The molecule has 0 N–H and O–H groups in total. The Kier molecular flexibility index (Phi) is 4.19. The van der Waals surface area contributed by atoms with Crippen LogP contribution in [0.25, 0.3) is 0 Å². The summed E-state index contributed by atoms with van der Waals surface area (Å²) in [5.74, 6) is -0.585. The summed E-state index contributed by atoms with van der Waals surface area (Å²) in [6.07, 6.45) is 1.08. The zero-order chi connectivity index (χ0) is 9.83.